The molecule has 0 radical (unpaired) electrons. The van der Waals surface area contributed by atoms with Crippen LogP contribution in [-0.4, -0.2) is 18.4 Å². The van der Waals surface area contributed by atoms with Gasteiger partial charge >= 0.3 is 0 Å². The summed E-state index contributed by atoms with van der Waals surface area (Å²) in [4.78, 5) is 23.4. The van der Waals surface area contributed by atoms with Crippen LogP contribution in [0.5, 0.6) is 0 Å². The van der Waals surface area contributed by atoms with Crippen molar-refractivity contribution in [2.24, 2.45) is 0 Å². The highest BCUT2D eigenvalue weighted by Crippen LogP contribution is 2.09. The van der Waals surface area contributed by atoms with Crippen LogP contribution in [0.1, 0.15) is 21.5 Å². The van der Waals surface area contributed by atoms with Crippen molar-refractivity contribution in [2.45, 2.75) is 13.5 Å². The van der Waals surface area contributed by atoms with E-state index in [9.17, 15) is 18.4 Å². The maximum Gasteiger partial charge on any atom is 0.254 e. The molecular formula is C17H16F2N2O2. The maximum atomic E-state index is 13.4. The Morgan fingerprint density at radius 3 is 2.52 bits per heavy atom. The summed E-state index contributed by atoms with van der Waals surface area (Å²) >= 11 is 0. The molecule has 0 aromatic heterocycles. The molecular weight excluding hydrogens is 302 g/mol. The summed E-state index contributed by atoms with van der Waals surface area (Å²) in [5, 5.41) is 4.94. The standard InChI is InChI=1S/C17H16F2N2O2/c1-11-3-2-4-12(7-11)9-20-16(22)10-21-17(23)14-6-5-13(18)8-15(14)19/h2-8H,9-10H2,1H3,(H,20,22)(H,21,23). The second-order valence-electron chi connectivity index (χ2n) is 5.07. The van der Waals surface area contributed by atoms with Gasteiger partial charge in [-0.15, -0.1) is 0 Å². The fourth-order valence-electron chi connectivity index (χ4n) is 2.01. The Bertz CT molecular complexity index is 732. The molecule has 0 aliphatic carbocycles. The minimum atomic E-state index is -0.970. The van der Waals surface area contributed by atoms with Crippen molar-refractivity contribution in [3.05, 3.63) is 70.8 Å². The number of hydrogen-bond acceptors (Lipinski definition) is 2. The molecule has 0 heterocycles. The van der Waals surface area contributed by atoms with Crippen LogP contribution in [0.2, 0.25) is 0 Å². The first-order valence-electron chi connectivity index (χ1n) is 7.01. The van der Waals surface area contributed by atoms with Gasteiger partial charge in [0.15, 0.2) is 0 Å². The Morgan fingerprint density at radius 1 is 1.04 bits per heavy atom. The molecule has 0 fully saturated rings. The molecule has 2 aromatic rings. The molecule has 0 aliphatic heterocycles. The number of carbonyl (C=O) groups is 2. The summed E-state index contributed by atoms with van der Waals surface area (Å²) in [5.41, 5.74) is 1.71. The van der Waals surface area contributed by atoms with E-state index in [1.807, 2.05) is 31.2 Å². The second kappa shape index (κ2) is 7.49. The van der Waals surface area contributed by atoms with Crippen molar-refractivity contribution >= 4 is 11.8 Å². The number of amides is 2. The lowest BCUT2D eigenvalue weighted by atomic mass is 10.1. The van der Waals surface area contributed by atoms with E-state index >= 15 is 0 Å². The van der Waals surface area contributed by atoms with Gasteiger partial charge in [-0.1, -0.05) is 29.8 Å². The van der Waals surface area contributed by atoms with Crippen molar-refractivity contribution in [3.63, 3.8) is 0 Å². The van der Waals surface area contributed by atoms with Gasteiger partial charge in [-0.3, -0.25) is 9.59 Å². The van der Waals surface area contributed by atoms with E-state index in [2.05, 4.69) is 10.6 Å². The third-order valence-electron chi connectivity index (χ3n) is 3.16. The first-order valence-corrected chi connectivity index (χ1v) is 7.01. The largest absolute Gasteiger partial charge is 0.350 e. The molecule has 0 atom stereocenters. The number of aryl methyl sites for hydroxylation is 1. The lowest BCUT2D eigenvalue weighted by molar-refractivity contribution is -0.120. The number of benzene rings is 2. The Kier molecular flexibility index (Phi) is 5.41. The van der Waals surface area contributed by atoms with Crippen molar-refractivity contribution in [1.82, 2.24) is 10.6 Å². The topological polar surface area (TPSA) is 58.2 Å². The zero-order chi connectivity index (χ0) is 16.8. The Morgan fingerprint density at radius 2 is 1.83 bits per heavy atom. The summed E-state index contributed by atoms with van der Waals surface area (Å²) < 4.78 is 26.2. The summed E-state index contributed by atoms with van der Waals surface area (Å²) in [6, 6.07) is 10.3. The SMILES string of the molecule is Cc1cccc(CNC(=O)CNC(=O)c2ccc(F)cc2F)c1. The third kappa shape index (κ3) is 4.88. The van der Waals surface area contributed by atoms with Crippen molar-refractivity contribution in [2.75, 3.05) is 6.54 Å². The predicted molar refractivity (Wildman–Crippen MR) is 81.7 cm³/mol. The van der Waals surface area contributed by atoms with Gasteiger partial charge < -0.3 is 10.6 Å². The molecule has 6 heteroatoms. The predicted octanol–water partition coefficient (Wildman–Crippen LogP) is 2.32. The molecule has 2 rings (SSSR count). The summed E-state index contributed by atoms with van der Waals surface area (Å²) in [5.74, 6) is -2.91. The zero-order valence-corrected chi connectivity index (χ0v) is 12.5. The summed E-state index contributed by atoms with van der Waals surface area (Å²) in [6.45, 7) is 1.99. The fraction of sp³-hybridized carbons (Fsp3) is 0.176. The van der Waals surface area contributed by atoms with E-state index in [-0.39, 0.29) is 12.1 Å². The molecule has 2 amide bonds. The van der Waals surface area contributed by atoms with E-state index in [1.54, 1.807) is 0 Å². The minimum Gasteiger partial charge on any atom is -0.350 e. The highest BCUT2D eigenvalue weighted by Gasteiger charge is 2.13. The van der Waals surface area contributed by atoms with Gasteiger partial charge in [0.1, 0.15) is 11.6 Å². The fourth-order valence-corrected chi connectivity index (χ4v) is 2.01. The van der Waals surface area contributed by atoms with Crippen molar-refractivity contribution < 1.29 is 18.4 Å². The number of nitrogens with one attached hydrogen (secondary N) is 2. The Balaban J connectivity index is 1.83. The van der Waals surface area contributed by atoms with E-state index in [0.717, 1.165) is 23.3 Å². The van der Waals surface area contributed by atoms with E-state index < -0.39 is 23.4 Å². The quantitative estimate of drug-likeness (QED) is 0.889. The van der Waals surface area contributed by atoms with Crippen LogP contribution < -0.4 is 10.6 Å². The first kappa shape index (κ1) is 16.6. The van der Waals surface area contributed by atoms with Crippen LogP contribution in [0.25, 0.3) is 0 Å². The van der Waals surface area contributed by atoms with Gasteiger partial charge in [0, 0.05) is 12.6 Å². The van der Waals surface area contributed by atoms with Crippen LogP contribution in [0.4, 0.5) is 8.78 Å². The number of hydrogen-bond donors (Lipinski definition) is 2. The number of halogens is 2. The van der Waals surface area contributed by atoms with Crippen LogP contribution in [-0.2, 0) is 11.3 Å². The van der Waals surface area contributed by atoms with Gasteiger partial charge in [0.2, 0.25) is 5.91 Å². The molecule has 0 bridgehead atoms. The first-order chi connectivity index (χ1) is 11.0. The molecule has 0 aliphatic rings. The lowest BCUT2D eigenvalue weighted by Gasteiger charge is -2.08. The lowest BCUT2D eigenvalue weighted by Crippen LogP contribution is -2.36. The van der Waals surface area contributed by atoms with Crippen LogP contribution >= 0.6 is 0 Å². The number of carbonyl (C=O) groups excluding carboxylic acids is 2. The third-order valence-corrected chi connectivity index (χ3v) is 3.16. The minimum absolute atomic E-state index is 0.290. The van der Waals surface area contributed by atoms with Crippen LogP contribution in [0, 0.1) is 18.6 Å². The van der Waals surface area contributed by atoms with E-state index in [4.69, 9.17) is 0 Å². The molecule has 2 N–H and O–H groups in total. The highest BCUT2D eigenvalue weighted by atomic mass is 19.1. The molecule has 0 spiro atoms. The normalized spacial score (nSPS) is 10.2. The van der Waals surface area contributed by atoms with Crippen molar-refractivity contribution in [1.29, 1.82) is 0 Å². The van der Waals surface area contributed by atoms with Crippen LogP contribution in [0.15, 0.2) is 42.5 Å². The van der Waals surface area contributed by atoms with E-state index in [0.29, 0.717) is 12.6 Å². The molecule has 0 saturated carbocycles. The van der Waals surface area contributed by atoms with Gasteiger partial charge in [0.25, 0.3) is 5.91 Å². The van der Waals surface area contributed by atoms with Crippen LogP contribution in [0.3, 0.4) is 0 Å². The Hall–Kier alpha value is -2.76. The average molecular weight is 318 g/mol. The smallest absolute Gasteiger partial charge is 0.254 e. The van der Waals surface area contributed by atoms with Crippen molar-refractivity contribution in [3.8, 4) is 0 Å². The van der Waals surface area contributed by atoms with E-state index in [1.165, 1.54) is 0 Å². The molecule has 0 saturated heterocycles. The molecule has 120 valence electrons. The van der Waals surface area contributed by atoms with Gasteiger partial charge in [0.05, 0.1) is 12.1 Å². The average Bonchev–Trinajstić information content (AvgIpc) is 2.50. The van der Waals surface area contributed by atoms with Gasteiger partial charge in [-0.2, -0.15) is 0 Å². The monoisotopic (exact) mass is 318 g/mol. The molecule has 2 aromatic carbocycles. The summed E-state index contributed by atoms with van der Waals surface area (Å²) in [7, 11) is 0. The maximum absolute atomic E-state index is 13.4. The van der Waals surface area contributed by atoms with Gasteiger partial charge in [-0.05, 0) is 24.6 Å². The molecule has 4 nitrogen and oxygen atoms in total. The molecule has 23 heavy (non-hydrogen) atoms. The molecule has 0 unspecified atom stereocenters. The number of rotatable bonds is 5. The zero-order valence-electron chi connectivity index (χ0n) is 12.5. The second-order valence-corrected chi connectivity index (χ2v) is 5.07. The Labute approximate surface area is 132 Å². The highest BCUT2D eigenvalue weighted by molar-refractivity contribution is 5.96. The summed E-state index contributed by atoms with van der Waals surface area (Å²) in [6.07, 6.45) is 0. The van der Waals surface area contributed by atoms with Gasteiger partial charge in [-0.25, -0.2) is 8.78 Å².